The lowest BCUT2D eigenvalue weighted by Crippen LogP contribution is -2.33. The molecule has 20 heavy (non-hydrogen) atoms. The van der Waals surface area contributed by atoms with Crippen molar-refractivity contribution >= 4 is 0 Å². The molecule has 0 saturated heterocycles. The van der Waals surface area contributed by atoms with Gasteiger partial charge in [0.05, 0.1) is 25.0 Å². The van der Waals surface area contributed by atoms with Gasteiger partial charge in [0.15, 0.2) is 5.75 Å². The molecule has 114 valence electrons. The summed E-state index contributed by atoms with van der Waals surface area (Å²) >= 11 is 0. The molecule has 0 aromatic carbocycles. The molecule has 5 nitrogen and oxygen atoms in total. The summed E-state index contributed by atoms with van der Waals surface area (Å²) in [5.41, 5.74) is 4.57. The number of methoxy groups -OCH3 is 1. The minimum Gasteiger partial charge on any atom is -0.493 e. The van der Waals surface area contributed by atoms with Crippen LogP contribution in [0.4, 0.5) is 0 Å². The molecule has 1 aromatic heterocycles. The van der Waals surface area contributed by atoms with E-state index in [2.05, 4.69) is 45.1 Å². The summed E-state index contributed by atoms with van der Waals surface area (Å²) in [4.78, 5) is 0. The highest BCUT2D eigenvalue weighted by atomic mass is 16.5. The number of nitrogens with zero attached hydrogens (tertiary/aromatic N) is 2. The predicted molar refractivity (Wildman–Crippen MR) is 80.2 cm³/mol. The molecule has 1 unspecified atom stereocenters. The van der Waals surface area contributed by atoms with Gasteiger partial charge in [-0.15, -0.1) is 0 Å². The maximum absolute atomic E-state index is 5.89. The summed E-state index contributed by atoms with van der Waals surface area (Å²) in [6.45, 7) is 12.2. The first-order valence-corrected chi connectivity index (χ1v) is 7.38. The highest BCUT2D eigenvalue weighted by Gasteiger charge is 2.68. The quantitative estimate of drug-likeness (QED) is 0.620. The van der Waals surface area contributed by atoms with Gasteiger partial charge in [-0.05, 0) is 23.2 Å². The second-order valence-corrected chi connectivity index (χ2v) is 6.89. The normalized spacial score (nSPS) is 21.8. The standard InChI is InChI=1S/C15H28N4O/c1-7-8-19-12(10(20-6)9-17-19)11(18-16)13-14(2,3)15(13,4)5/h9,11,13,18H,7-8,16H2,1-6H3. The molecule has 0 radical (unpaired) electrons. The van der Waals surface area contributed by atoms with Gasteiger partial charge in [0.1, 0.15) is 0 Å². The van der Waals surface area contributed by atoms with Gasteiger partial charge >= 0.3 is 0 Å². The highest BCUT2D eigenvalue weighted by Crippen LogP contribution is 2.72. The van der Waals surface area contributed by atoms with E-state index in [9.17, 15) is 0 Å². The molecule has 0 aliphatic heterocycles. The Bertz CT molecular complexity index is 464. The Morgan fingerprint density at radius 3 is 2.40 bits per heavy atom. The van der Waals surface area contributed by atoms with Crippen LogP contribution in [0.2, 0.25) is 0 Å². The molecule has 1 fully saturated rings. The fourth-order valence-electron chi connectivity index (χ4n) is 3.65. The van der Waals surface area contributed by atoms with E-state index in [-0.39, 0.29) is 16.9 Å². The molecule has 1 aromatic rings. The Labute approximate surface area is 121 Å². The lowest BCUT2D eigenvalue weighted by atomic mass is 10.0. The smallest absolute Gasteiger partial charge is 0.161 e. The Morgan fingerprint density at radius 2 is 2.00 bits per heavy atom. The van der Waals surface area contributed by atoms with Gasteiger partial charge in [-0.25, -0.2) is 0 Å². The fraction of sp³-hybridized carbons (Fsp3) is 0.800. The van der Waals surface area contributed by atoms with E-state index in [4.69, 9.17) is 10.6 Å². The van der Waals surface area contributed by atoms with E-state index in [0.29, 0.717) is 5.92 Å². The van der Waals surface area contributed by atoms with Crippen LogP contribution in [0.15, 0.2) is 6.20 Å². The van der Waals surface area contributed by atoms with Crippen molar-refractivity contribution < 1.29 is 4.74 Å². The molecule has 2 rings (SSSR count). The molecule has 5 heteroatoms. The van der Waals surface area contributed by atoms with Gasteiger partial charge in [-0.2, -0.15) is 5.10 Å². The summed E-state index contributed by atoms with van der Waals surface area (Å²) in [5.74, 6) is 7.17. The van der Waals surface area contributed by atoms with Crippen LogP contribution in [0.25, 0.3) is 0 Å². The lowest BCUT2D eigenvalue weighted by Gasteiger charge is -2.21. The lowest BCUT2D eigenvalue weighted by molar-refractivity contribution is 0.354. The summed E-state index contributed by atoms with van der Waals surface area (Å²) in [5, 5.41) is 4.45. The van der Waals surface area contributed by atoms with Crippen molar-refractivity contribution in [2.24, 2.45) is 22.6 Å². The average molecular weight is 280 g/mol. The first-order chi connectivity index (χ1) is 9.32. The number of aryl methyl sites for hydroxylation is 1. The Balaban J connectivity index is 2.40. The molecule has 1 aliphatic rings. The third-order valence-electron chi connectivity index (χ3n) is 5.44. The average Bonchev–Trinajstić information content (AvgIpc) is 2.71. The molecule has 0 amide bonds. The van der Waals surface area contributed by atoms with E-state index >= 15 is 0 Å². The van der Waals surface area contributed by atoms with Crippen LogP contribution in [0, 0.1) is 16.7 Å². The third-order valence-corrected chi connectivity index (χ3v) is 5.44. The fourth-order valence-corrected chi connectivity index (χ4v) is 3.65. The Kier molecular flexibility index (Phi) is 3.86. The van der Waals surface area contributed by atoms with Crippen molar-refractivity contribution in [1.82, 2.24) is 15.2 Å². The summed E-state index contributed by atoms with van der Waals surface area (Å²) < 4.78 is 7.51. The number of nitrogens with two attached hydrogens (primary N) is 1. The first-order valence-electron chi connectivity index (χ1n) is 7.38. The third kappa shape index (κ3) is 2.04. The van der Waals surface area contributed by atoms with Crippen molar-refractivity contribution in [3.63, 3.8) is 0 Å². The minimum absolute atomic E-state index is 0.0593. The molecule has 1 heterocycles. The van der Waals surface area contributed by atoms with Crippen LogP contribution in [0.3, 0.4) is 0 Å². The number of hydrogen-bond donors (Lipinski definition) is 2. The van der Waals surface area contributed by atoms with E-state index in [0.717, 1.165) is 24.4 Å². The van der Waals surface area contributed by atoms with Crippen LogP contribution >= 0.6 is 0 Å². The Hall–Kier alpha value is -1.07. The number of ether oxygens (including phenoxy) is 1. The molecule has 3 N–H and O–H groups in total. The predicted octanol–water partition coefficient (Wildman–Crippen LogP) is 2.49. The molecular formula is C15H28N4O. The zero-order chi connectivity index (χ0) is 15.1. The van der Waals surface area contributed by atoms with Crippen LogP contribution in [-0.4, -0.2) is 16.9 Å². The molecular weight excluding hydrogens is 252 g/mol. The second-order valence-electron chi connectivity index (χ2n) is 6.89. The monoisotopic (exact) mass is 280 g/mol. The molecule has 1 aliphatic carbocycles. The van der Waals surface area contributed by atoms with Crippen molar-refractivity contribution in [3.8, 4) is 5.75 Å². The van der Waals surface area contributed by atoms with E-state index < -0.39 is 0 Å². The van der Waals surface area contributed by atoms with Crippen molar-refractivity contribution in [3.05, 3.63) is 11.9 Å². The second kappa shape index (κ2) is 5.04. The van der Waals surface area contributed by atoms with Gasteiger partial charge in [-0.1, -0.05) is 34.6 Å². The molecule has 0 spiro atoms. The van der Waals surface area contributed by atoms with Crippen LogP contribution in [0.1, 0.15) is 52.8 Å². The van der Waals surface area contributed by atoms with Crippen LogP contribution in [-0.2, 0) is 6.54 Å². The van der Waals surface area contributed by atoms with E-state index in [1.54, 1.807) is 13.3 Å². The van der Waals surface area contributed by atoms with Crippen LogP contribution in [0.5, 0.6) is 5.75 Å². The van der Waals surface area contributed by atoms with Gasteiger partial charge < -0.3 is 4.74 Å². The maximum atomic E-state index is 5.89. The van der Waals surface area contributed by atoms with Gasteiger partial charge in [0, 0.05) is 6.54 Å². The Morgan fingerprint density at radius 1 is 1.40 bits per heavy atom. The van der Waals surface area contributed by atoms with Gasteiger partial charge in [-0.3, -0.25) is 16.0 Å². The summed E-state index contributed by atoms with van der Waals surface area (Å²) in [7, 11) is 1.69. The molecule has 1 saturated carbocycles. The number of aromatic nitrogens is 2. The highest BCUT2D eigenvalue weighted by molar-refractivity contribution is 5.33. The van der Waals surface area contributed by atoms with Crippen LogP contribution < -0.4 is 16.0 Å². The first kappa shape index (κ1) is 15.3. The topological polar surface area (TPSA) is 65.1 Å². The number of hydrazine groups is 1. The van der Waals surface area contributed by atoms with Crippen molar-refractivity contribution in [1.29, 1.82) is 0 Å². The summed E-state index contributed by atoms with van der Waals surface area (Å²) in [6, 6.07) is 0.0593. The largest absolute Gasteiger partial charge is 0.493 e. The van der Waals surface area contributed by atoms with Gasteiger partial charge in [0.2, 0.25) is 0 Å². The van der Waals surface area contributed by atoms with Gasteiger partial charge in [0.25, 0.3) is 0 Å². The zero-order valence-corrected chi connectivity index (χ0v) is 13.5. The zero-order valence-electron chi connectivity index (χ0n) is 13.5. The number of nitrogens with one attached hydrogen (secondary N) is 1. The van der Waals surface area contributed by atoms with Crippen molar-refractivity contribution in [2.45, 2.75) is 53.6 Å². The molecule has 0 bridgehead atoms. The minimum atomic E-state index is 0.0593. The van der Waals surface area contributed by atoms with E-state index in [1.165, 1.54) is 0 Å². The summed E-state index contributed by atoms with van der Waals surface area (Å²) in [6.07, 6.45) is 2.82. The molecule has 1 atom stereocenters. The maximum Gasteiger partial charge on any atom is 0.161 e. The van der Waals surface area contributed by atoms with Crippen molar-refractivity contribution in [2.75, 3.05) is 7.11 Å². The number of hydrogen-bond acceptors (Lipinski definition) is 4. The van der Waals surface area contributed by atoms with E-state index in [1.807, 2.05) is 4.68 Å². The SMILES string of the molecule is CCCn1ncc(OC)c1C(NN)C1C(C)(C)C1(C)C. The number of rotatable bonds is 6.